The van der Waals surface area contributed by atoms with E-state index < -0.39 is 29.3 Å². The second kappa shape index (κ2) is 11.5. The van der Waals surface area contributed by atoms with E-state index in [0.29, 0.717) is 35.4 Å². The molecule has 39 heavy (non-hydrogen) atoms. The standard InChI is InChI=1S/C30H35NO7.CH4/c1-17(2)7-5-8-18(3)9-6-12-30(4)26(34)15-22-25(33)14-21-23(27(22)38-30)16-31(28(21)35)19-10-11-20(29(36)37)24(32)13-19;/h7,9-11,13-14,26,32-34H,5-6,8,12,15-16H2,1-4H3,(H,36,37);1H4/b18-9+;/t26-,30-;/m0./s1. The number of hydrogen-bond acceptors (Lipinski definition) is 6. The van der Waals surface area contributed by atoms with Crippen LogP contribution in [0.2, 0.25) is 0 Å². The number of anilines is 1. The van der Waals surface area contributed by atoms with Crippen molar-refractivity contribution in [1.82, 2.24) is 0 Å². The van der Waals surface area contributed by atoms with E-state index in [2.05, 4.69) is 32.9 Å². The van der Waals surface area contributed by atoms with E-state index in [4.69, 9.17) is 4.74 Å². The molecule has 2 aromatic rings. The fourth-order valence-electron chi connectivity index (χ4n) is 5.08. The van der Waals surface area contributed by atoms with Crippen LogP contribution in [0.15, 0.2) is 47.6 Å². The summed E-state index contributed by atoms with van der Waals surface area (Å²) in [6, 6.07) is 5.33. The van der Waals surface area contributed by atoms with E-state index in [1.54, 1.807) is 0 Å². The third-order valence-corrected chi connectivity index (χ3v) is 7.44. The number of aromatic hydroxyl groups is 2. The Balaban J connectivity index is 0.00000420. The van der Waals surface area contributed by atoms with Crippen LogP contribution in [0.4, 0.5) is 5.69 Å². The summed E-state index contributed by atoms with van der Waals surface area (Å²) in [7, 11) is 0. The van der Waals surface area contributed by atoms with Crippen molar-refractivity contribution in [3.63, 3.8) is 0 Å². The molecule has 8 nitrogen and oxygen atoms in total. The lowest BCUT2D eigenvalue weighted by Crippen LogP contribution is -2.49. The molecule has 0 spiro atoms. The molecule has 2 aliphatic rings. The molecule has 2 aliphatic heterocycles. The highest BCUT2D eigenvalue weighted by Gasteiger charge is 2.44. The van der Waals surface area contributed by atoms with Gasteiger partial charge in [0, 0.05) is 29.3 Å². The molecular weight excluding hydrogens is 498 g/mol. The quantitative estimate of drug-likeness (QED) is 0.299. The van der Waals surface area contributed by atoms with Crippen molar-refractivity contribution in [1.29, 1.82) is 0 Å². The molecule has 0 radical (unpaired) electrons. The van der Waals surface area contributed by atoms with Gasteiger partial charge in [0.25, 0.3) is 5.91 Å². The number of nitrogens with zero attached hydrogens (tertiary/aromatic N) is 1. The molecule has 8 heteroatoms. The van der Waals surface area contributed by atoms with Gasteiger partial charge in [-0.15, -0.1) is 0 Å². The Bertz CT molecular complexity index is 1340. The van der Waals surface area contributed by atoms with Crippen LogP contribution in [0.5, 0.6) is 17.2 Å². The molecule has 0 fully saturated rings. The van der Waals surface area contributed by atoms with Gasteiger partial charge in [0.15, 0.2) is 0 Å². The monoisotopic (exact) mass is 537 g/mol. The first kappa shape index (κ1) is 29.8. The molecule has 0 unspecified atom stereocenters. The minimum Gasteiger partial charge on any atom is -0.508 e. The molecule has 0 aliphatic carbocycles. The Labute approximate surface area is 229 Å². The van der Waals surface area contributed by atoms with E-state index in [9.17, 15) is 30.0 Å². The molecular formula is C31H39NO7. The van der Waals surface area contributed by atoms with Crippen molar-refractivity contribution in [2.24, 2.45) is 0 Å². The number of phenols is 2. The zero-order valence-corrected chi connectivity index (χ0v) is 22.2. The molecule has 1 amide bonds. The number of carboxylic acids is 1. The van der Waals surface area contributed by atoms with Crippen LogP contribution in [-0.2, 0) is 13.0 Å². The van der Waals surface area contributed by atoms with Crippen LogP contribution in [0.3, 0.4) is 0 Å². The number of aromatic carboxylic acids is 1. The number of rotatable bonds is 8. The van der Waals surface area contributed by atoms with Crippen LogP contribution < -0.4 is 9.64 Å². The SMILES string of the molecule is C.CC(C)=CCC/C(C)=C/CC[C@]1(C)Oc2c(c(O)cc3c2CN(c2ccc(C(=O)O)c(O)c2)C3=O)C[C@@H]1O. The van der Waals surface area contributed by atoms with Gasteiger partial charge in [-0.1, -0.05) is 30.7 Å². The van der Waals surface area contributed by atoms with Gasteiger partial charge in [-0.2, -0.15) is 0 Å². The van der Waals surface area contributed by atoms with Gasteiger partial charge in [-0.25, -0.2) is 4.79 Å². The van der Waals surface area contributed by atoms with Gasteiger partial charge in [0.2, 0.25) is 0 Å². The summed E-state index contributed by atoms with van der Waals surface area (Å²) in [5.74, 6) is -1.83. The number of phenolic OH excluding ortho intramolecular Hbond substituents is 1. The van der Waals surface area contributed by atoms with Gasteiger partial charge < -0.3 is 30.1 Å². The molecule has 2 heterocycles. The smallest absolute Gasteiger partial charge is 0.339 e. The van der Waals surface area contributed by atoms with E-state index in [-0.39, 0.29) is 37.3 Å². The molecule has 2 atom stereocenters. The molecule has 2 aromatic carbocycles. The summed E-state index contributed by atoms with van der Waals surface area (Å²) in [5, 5.41) is 41.0. The Morgan fingerprint density at radius 3 is 2.46 bits per heavy atom. The van der Waals surface area contributed by atoms with Crippen molar-refractivity contribution < 1.29 is 34.8 Å². The number of fused-ring (bicyclic) bond motifs is 3. The average Bonchev–Trinajstić information content (AvgIpc) is 3.16. The van der Waals surface area contributed by atoms with Crippen LogP contribution in [0.25, 0.3) is 0 Å². The van der Waals surface area contributed by atoms with Crippen molar-refractivity contribution in [2.45, 2.75) is 85.5 Å². The summed E-state index contributed by atoms with van der Waals surface area (Å²) in [6.07, 6.45) is 6.95. The lowest BCUT2D eigenvalue weighted by Gasteiger charge is -2.40. The van der Waals surface area contributed by atoms with Crippen molar-refractivity contribution in [3.05, 3.63) is 69.8 Å². The normalized spacial score (nSPS) is 20.0. The number of carbonyl (C=O) groups excluding carboxylic acids is 1. The maximum absolute atomic E-state index is 13.3. The number of ether oxygens (including phenoxy) is 1. The number of allylic oxidation sites excluding steroid dienone is 4. The third-order valence-electron chi connectivity index (χ3n) is 7.44. The molecule has 0 saturated heterocycles. The maximum Gasteiger partial charge on any atom is 0.339 e. The first-order chi connectivity index (χ1) is 17.9. The fraction of sp³-hybridized carbons (Fsp3) is 0.419. The molecule has 4 rings (SSSR count). The minimum atomic E-state index is -1.27. The highest BCUT2D eigenvalue weighted by molar-refractivity contribution is 6.11. The van der Waals surface area contributed by atoms with Crippen LogP contribution in [0.1, 0.15) is 92.6 Å². The maximum atomic E-state index is 13.3. The lowest BCUT2D eigenvalue weighted by atomic mass is 9.84. The fourth-order valence-corrected chi connectivity index (χ4v) is 5.08. The van der Waals surface area contributed by atoms with Crippen LogP contribution in [0, 0.1) is 0 Å². The van der Waals surface area contributed by atoms with E-state index in [1.807, 2.05) is 6.92 Å². The topological polar surface area (TPSA) is 128 Å². The van der Waals surface area contributed by atoms with Gasteiger partial charge in [0.05, 0.1) is 18.2 Å². The third kappa shape index (κ3) is 5.96. The van der Waals surface area contributed by atoms with E-state index >= 15 is 0 Å². The number of aliphatic hydroxyl groups is 1. The number of hydrogen-bond donors (Lipinski definition) is 4. The van der Waals surface area contributed by atoms with Gasteiger partial charge in [-0.05, 0) is 71.6 Å². The number of aliphatic hydroxyl groups excluding tert-OH is 1. The predicted octanol–water partition coefficient (Wildman–Crippen LogP) is 6.12. The highest BCUT2D eigenvalue weighted by atomic mass is 16.5. The number of carboxylic acid groups (broad SMARTS) is 1. The van der Waals surface area contributed by atoms with Gasteiger partial charge >= 0.3 is 5.97 Å². The Hall–Kier alpha value is -3.78. The second-order valence-corrected chi connectivity index (χ2v) is 10.7. The first-order valence-electron chi connectivity index (χ1n) is 12.8. The van der Waals surface area contributed by atoms with Crippen LogP contribution >= 0.6 is 0 Å². The zero-order chi connectivity index (χ0) is 27.8. The van der Waals surface area contributed by atoms with Gasteiger partial charge in [-0.3, -0.25) is 4.79 Å². The summed E-state index contributed by atoms with van der Waals surface area (Å²) < 4.78 is 6.40. The minimum absolute atomic E-state index is 0. The number of amides is 1. The van der Waals surface area contributed by atoms with Crippen molar-refractivity contribution in [3.8, 4) is 17.2 Å². The number of carbonyl (C=O) groups is 2. The zero-order valence-electron chi connectivity index (χ0n) is 22.2. The second-order valence-electron chi connectivity index (χ2n) is 10.7. The van der Waals surface area contributed by atoms with Crippen LogP contribution in [-0.4, -0.2) is 44.0 Å². The summed E-state index contributed by atoms with van der Waals surface area (Å²) in [6.45, 7) is 8.24. The predicted molar refractivity (Wildman–Crippen MR) is 151 cm³/mol. The van der Waals surface area contributed by atoms with Crippen molar-refractivity contribution >= 4 is 17.6 Å². The van der Waals surface area contributed by atoms with E-state index in [0.717, 1.165) is 12.8 Å². The molecule has 0 bridgehead atoms. The lowest BCUT2D eigenvalue weighted by molar-refractivity contribution is -0.0597. The Morgan fingerprint density at radius 1 is 1.10 bits per heavy atom. The van der Waals surface area contributed by atoms with E-state index in [1.165, 1.54) is 40.3 Å². The Morgan fingerprint density at radius 2 is 1.82 bits per heavy atom. The first-order valence-corrected chi connectivity index (χ1v) is 12.8. The molecule has 210 valence electrons. The van der Waals surface area contributed by atoms with Gasteiger partial charge in [0.1, 0.15) is 28.4 Å². The highest BCUT2D eigenvalue weighted by Crippen LogP contribution is 2.47. The summed E-state index contributed by atoms with van der Waals surface area (Å²) in [5.41, 5.74) is 3.05. The largest absolute Gasteiger partial charge is 0.508 e. The molecule has 0 saturated carbocycles. The Kier molecular flexibility index (Phi) is 8.80. The molecule has 0 aromatic heterocycles. The molecule has 4 N–H and O–H groups in total. The average molecular weight is 538 g/mol. The van der Waals surface area contributed by atoms with Crippen molar-refractivity contribution in [2.75, 3.05) is 4.90 Å². The number of benzene rings is 2. The summed E-state index contributed by atoms with van der Waals surface area (Å²) in [4.78, 5) is 25.9. The summed E-state index contributed by atoms with van der Waals surface area (Å²) >= 11 is 0.